The van der Waals surface area contributed by atoms with Crippen LogP contribution in [0.15, 0.2) is 56.5 Å². The molecule has 9 heteroatoms. The number of hydrogen-bond acceptors (Lipinski definition) is 6. The molecule has 0 aliphatic rings. The lowest BCUT2D eigenvalue weighted by molar-refractivity contribution is 0.575. The first-order chi connectivity index (χ1) is 11.6. The third-order valence-electron chi connectivity index (χ3n) is 3.24. The maximum Gasteiger partial charge on any atom is 0.285 e. The molecule has 0 aliphatic carbocycles. The zero-order chi connectivity index (χ0) is 16.7. The minimum atomic E-state index is -0.435. The highest BCUT2D eigenvalue weighted by Crippen LogP contribution is 2.27. The van der Waals surface area contributed by atoms with Crippen molar-refractivity contribution in [3.05, 3.63) is 62.7 Å². The van der Waals surface area contributed by atoms with Crippen molar-refractivity contribution in [2.75, 3.05) is 0 Å². The maximum atomic E-state index is 12.2. The van der Waals surface area contributed by atoms with Crippen molar-refractivity contribution in [1.29, 1.82) is 0 Å². The summed E-state index contributed by atoms with van der Waals surface area (Å²) in [5.41, 5.74) is 0.186. The Morgan fingerprint density at radius 3 is 2.79 bits per heavy atom. The van der Waals surface area contributed by atoms with E-state index in [2.05, 4.69) is 36.0 Å². The topological polar surface area (TPSA) is 86.7 Å². The van der Waals surface area contributed by atoms with Crippen LogP contribution in [0.1, 0.15) is 0 Å². The Hall–Kier alpha value is -2.58. The van der Waals surface area contributed by atoms with Gasteiger partial charge in [-0.1, -0.05) is 11.6 Å². The van der Waals surface area contributed by atoms with E-state index in [9.17, 15) is 4.79 Å². The quantitative estimate of drug-likeness (QED) is 0.510. The van der Waals surface area contributed by atoms with Crippen molar-refractivity contribution in [2.24, 2.45) is 0 Å². The number of halogens is 2. The first kappa shape index (κ1) is 15.0. The van der Waals surface area contributed by atoms with E-state index in [0.29, 0.717) is 26.5 Å². The fourth-order valence-electron chi connectivity index (χ4n) is 2.21. The molecule has 0 aliphatic heterocycles. The average Bonchev–Trinajstić information content (AvgIpc) is 2.97. The molecular weight excluding hydrogens is 398 g/mol. The summed E-state index contributed by atoms with van der Waals surface area (Å²) in [6, 6.07) is 8.31. The number of fused-ring (bicyclic) bond motifs is 1. The molecular formula is C15H7BrClN5O2. The first-order valence-electron chi connectivity index (χ1n) is 6.76. The average molecular weight is 405 g/mol. The minimum Gasteiger partial charge on any atom is -0.417 e. The van der Waals surface area contributed by atoms with Crippen LogP contribution < -0.4 is 5.56 Å². The lowest BCUT2D eigenvalue weighted by Crippen LogP contribution is -2.10. The van der Waals surface area contributed by atoms with Gasteiger partial charge >= 0.3 is 0 Å². The summed E-state index contributed by atoms with van der Waals surface area (Å²) in [6.45, 7) is 0. The van der Waals surface area contributed by atoms with Gasteiger partial charge in [-0.2, -0.15) is 10.1 Å². The summed E-state index contributed by atoms with van der Waals surface area (Å²) in [5.74, 6) is 0.469. The van der Waals surface area contributed by atoms with Crippen molar-refractivity contribution in [1.82, 2.24) is 24.7 Å². The molecule has 0 atom stereocenters. The Morgan fingerprint density at radius 1 is 1.17 bits per heavy atom. The van der Waals surface area contributed by atoms with Gasteiger partial charge in [-0.25, -0.2) is 14.6 Å². The Bertz CT molecular complexity index is 1120. The van der Waals surface area contributed by atoms with Crippen LogP contribution in [0, 0.1) is 0 Å². The zero-order valence-corrected chi connectivity index (χ0v) is 14.2. The molecule has 0 amide bonds. The van der Waals surface area contributed by atoms with E-state index in [-0.39, 0.29) is 11.6 Å². The Labute approximate surface area is 148 Å². The SMILES string of the molecule is O=c1nc(-c2cc(Br)nn2-c2ncccc2Cl)oc2ncccc12. The number of pyridine rings is 2. The zero-order valence-electron chi connectivity index (χ0n) is 11.8. The van der Waals surface area contributed by atoms with Crippen molar-refractivity contribution >= 4 is 38.6 Å². The predicted octanol–water partition coefficient (Wildman–Crippen LogP) is 3.25. The van der Waals surface area contributed by atoms with Gasteiger partial charge < -0.3 is 4.42 Å². The van der Waals surface area contributed by atoms with Gasteiger partial charge in [0, 0.05) is 18.5 Å². The van der Waals surface area contributed by atoms with Crippen LogP contribution in [0.25, 0.3) is 28.5 Å². The van der Waals surface area contributed by atoms with E-state index in [1.165, 1.54) is 10.9 Å². The second-order valence-corrected chi connectivity index (χ2v) is 5.97. The Morgan fingerprint density at radius 2 is 1.96 bits per heavy atom. The van der Waals surface area contributed by atoms with Crippen molar-refractivity contribution in [3.8, 4) is 17.4 Å². The Balaban J connectivity index is 1.99. The number of aromatic nitrogens is 5. The third kappa shape index (κ3) is 2.49. The van der Waals surface area contributed by atoms with E-state index in [0.717, 1.165) is 0 Å². The molecule has 0 saturated carbocycles. The van der Waals surface area contributed by atoms with Gasteiger partial charge in [-0.15, -0.1) is 0 Å². The summed E-state index contributed by atoms with van der Waals surface area (Å²) < 4.78 is 7.64. The molecule has 118 valence electrons. The monoisotopic (exact) mass is 403 g/mol. The molecule has 4 rings (SSSR count). The normalized spacial score (nSPS) is 11.1. The van der Waals surface area contributed by atoms with E-state index in [1.54, 1.807) is 36.5 Å². The van der Waals surface area contributed by atoms with E-state index in [1.807, 2.05) is 0 Å². The fourth-order valence-corrected chi connectivity index (χ4v) is 2.79. The number of rotatable bonds is 2. The molecule has 0 fully saturated rings. The van der Waals surface area contributed by atoms with E-state index < -0.39 is 5.56 Å². The second-order valence-electron chi connectivity index (χ2n) is 4.75. The van der Waals surface area contributed by atoms with Gasteiger partial charge in [0.2, 0.25) is 5.71 Å². The summed E-state index contributed by atoms with van der Waals surface area (Å²) in [4.78, 5) is 24.5. The molecule has 0 saturated heterocycles. The molecule has 0 N–H and O–H groups in total. The van der Waals surface area contributed by atoms with Crippen LogP contribution in [-0.2, 0) is 0 Å². The fraction of sp³-hybridized carbons (Fsp3) is 0. The summed E-state index contributed by atoms with van der Waals surface area (Å²) in [6.07, 6.45) is 3.13. The highest BCUT2D eigenvalue weighted by atomic mass is 79.9. The van der Waals surface area contributed by atoms with E-state index in [4.69, 9.17) is 16.0 Å². The van der Waals surface area contributed by atoms with Gasteiger partial charge in [-0.3, -0.25) is 4.79 Å². The van der Waals surface area contributed by atoms with Gasteiger partial charge in [0.05, 0.1) is 5.02 Å². The summed E-state index contributed by atoms with van der Waals surface area (Å²) in [5, 5.41) is 5.00. The largest absolute Gasteiger partial charge is 0.417 e. The van der Waals surface area contributed by atoms with Gasteiger partial charge in [0.1, 0.15) is 15.7 Å². The van der Waals surface area contributed by atoms with Crippen LogP contribution in [-0.4, -0.2) is 24.7 Å². The van der Waals surface area contributed by atoms with Gasteiger partial charge in [0.25, 0.3) is 11.4 Å². The highest BCUT2D eigenvalue weighted by molar-refractivity contribution is 9.10. The van der Waals surface area contributed by atoms with Crippen LogP contribution in [0.5, 0.6) is 0 Å². The molecule has 0 unspecified atom stereocenters. The summed E-state index contributed by atoms with van der Waals surface area (Å²) >= 11 is 9.49. The molecule has 0 bridgehead atoms. The number of hydrogen-bond donors (Lipinski definition) is 0. The van der Waals surface area contributed by atoms with Crippen LogP contribution in [0.2, 0.25) is 5.02 Å². The van der Waals surface area contributed by atoms with Crippen LogP contribution in [0.4, 0.5) is 0 Å². The molecule has 0 aromatic carbocycles. The lowest BCUT2D eigenvalue weighted by atomic mass is 10.3. The third-order valence-corrected chi connectivity index (χ3v) is 3.92. The number of nitrogens with zero attached hydrogens (tertiary/aromatic N) is 5. The Kier molecular flexibility index (Phi) is 3.62. The molecule has 24 heavy (non-hydrogen) atoms. The smallest absolute Gasteiger partial charge is 0.285 e. The van der Waals surface area contributed by atoms with Crippen LogP contribution >= 0.6 is 27.5 Å². The molecule has 0 spiro atoms. The van der Waals surface area contributed by atoms with Crippen molar-refractivity contribution < 1.29 is 4.42 Å². The molecule has 7 nitrogen and oxygen atoms in total. The molecule has 4 aromatic rings. The lowest BCUT2D eigenvalue weighted by Gasteiger charge is -2.06. The van der Waals surface area contributed by atoms with Crippen LogP contribution in [0.3, 0.4) is 0 Å². The second kappa shape index (κ2) is 5.81. The highest BCUT2D eigenvalue weighted by Gasteiger charge is 2.18. The van der Waals surface area contributed by atoms with Crippen molar-refractivity contribution in [3.63, 3.8) is 0 Å². The maximum absolute atomic E-state index is 12.2. The van der Waals surface area contributed by atoms with E-state index >= 15 is 0 Å². The standard InChI is InChI=1S/C15H7BrClN5O2/c16-11-7-10(22(21-11)12-9(17)4-2-5-18-12)15-20-13(23)8-3-1-6-19-14(8)24-15/h1-7H. The summed E-state index contributed by atoms with van der Waals surface area (Å²) in [7, 11) is 0. The molecule has 4 heterocycles. The van der Waals surface area contributed by atoms with Crippen molar-refractivity contribution in [2.45, 2.75) is 0 Å². The minimum absolute atomic E-state index is 0.0751. The van der Waals surface area contributed by atoms with Gasteiger partial charge in [0.15, 0.2) is 5.82 Å². The molecule has 0 radical (unpaired) electrons. The predicted molar refractivity (Wildman–Crippen MR) is 91.1 cm³/mol. The first-order valence-corrected chi connectivity index (χ1v) is 7.93. The molecule has 4 aromatic heterocycles. The van der Waals surface area contributed by atoms with Gasteiger partial charge in [-0.05, 0) is 40.2 Å².